The van der Waals surface area contributed by atoms with E-state index in [1.807, 2.05) is 5.73 Å². The summed E-state index contributed by atoms with van der Waals surface area (Å²) in [4.78, 5) is 22.4. The van der Waals surface area contributed by atoms with E-state index in [4.69, 9.17) is 12.3 Å². The number of nitrogens with two attached hydrogens (primary N) is 2. The summed E-state index contributed by atoms with van der Waals surface area (Å²) in [5.41, 5.74) is 4.74. The first-order valence-electron chi connectivity index (χ1n) is 4.35. The lowest BCUT2D eigenvalue weighted by molar-refractivity contribution is -0.153. The van der Waals surface area contributed by atoms with Crippen molar-refractivity contribution in [2.24, 2.45) is 11.5 Å². The zero-order valence-electron chi connectivity index (χ0n) is 8.60. The molecule has 14 heavy (non-hydrogen) atoms. The third kappa shape index (κ3) is 2.24. The number of thiol groups is 1. The van der Waals surface area contributed by atoms with Crippen molar-refractivity contribution in [3.8, 4) is 0 Å². The molecule has 0 heterocycles. The highest BCUT2D eigenvalue weighted by molar-refractivity contribution is 7.80. The lowest BCUT2D eigenvalue weighted by Crippen LogP contribution is -2.66. The van der Waals surface area contributed by atoms with Crippen LogP contribution < -0.4 is 11.5 Å². The van der Waals surface area contributed by atoms with Gasteiger partial charge in [0.05, 0.1) is 12.1 Å². The van der Waals surface area contributed by atoms with Gasteiger partial charge in [-0.3, -0.25) is 4.79 Å². The van der Waals surface area contributed by atoms with Crippen LogP contribution in [0, 0.1) is 0 Å². The number of aliphatic hydroxyl groups is 1. The third-order valence-corrected chi connectivity index (χ3v) is 2.28. The summed E-state index contributed by atoms with van der Waals surface area (Å²) in [5, 5.41) is 18.0. The molecule has 0 radical (unpaired) electrons. The van der Waals surface area contributed by atoms with E-state index in [0.29, 0.717) is 0 Å². The number of rotatable bonds is 6. The molecule has 0 amide bonds. The van der Waals surface area contributed by atoms with Gasteiger partial charge in [-0.2, -0.15) is 12.6 Å². The lowest BCUT2D eigenvalue weighted by atomic mass is 9.86. The normalized spacial score (nSPS) is 20.4. The van der Waals surface area contributed by atoms with Gasteiger partial charge in [-0.25, -0.2) is 4.79 Å². The second-order valence-corrected chi connectivity index (χ2v) is 3.31. The number of carboxylic acid groups (broad SMARTS) is 1. The highest BCUT2D eigenvalue weighted by Gasteiger charge is 2.48. The second-order valence-electron chi connectivity index (χ2n) is 2.95. The molecule has 6 nitrogen and oxygen atoms in total. The quantitative estimate of drug-likeness (QED) is 0.261. The Bertz CT molecular complexity index is 259. The van der Waals surface area contributed by atoms with Crippen molar-refractivity contribution in [2.75, 3.05) is 5.75 Å². The van der Waals surface area contributed by atoms with Gasteiger partial charge in [0, 0.05) is 5.75 Å². The predicted molar refractivity (Wildman–Crippen MR) is 53.1 cm³/mol. The topological polar surface area (TPSA) is 127 Å². The molecule has 0 unspecified atom stereocenters. The largest absolute Gasteiger partial charge is 0.479 e. The number of carbonyl (C=O) groups is 2. The summed E-state index contributed by atoms with van der Waals surface area (Å²) in [6.45, 7) is 1.10. The first-order chi connectivity index (χ1) is 6.82. The number of ketones is 1. The van der Waals surface area contributed by atoms with Crippen LogP contribution in [0.2, 0.25) is 1.41 Å². The van der Waals surface area contributed by atoms with Crippen molar-refractivity contribution in [2.45, 2.75) is 24.6 Å². The van der Waals surface area contributed by atoms with E-state index < -0.39 is 29.4 Å². The van der Waals surface area contributed by atoms with Gasteiger partial charge in [-0.05, 0) is 6.92 Å². The van der Waals surface area contributed by atoms with Gasteiger partial charge < -0.3 is 21.7 Å². The van der Waals surface area contributed by atoms with E-state index in [1.54, 1.807) is 0 Å². The van der Waals surface area contributed by atoms with Crippen LogP contribution in [0.15, 0.2) is 0 Å². The zero-order valence-corrected chi connectivity index (χ0v) is 8.49. The van der Waals surface area contributed by atoms with Crippen molar-refractivity contribution in [3.05, 3.63) is 0 Å². The monoisotopic (exact) mass is 223 g/mol. The molecule has 7 heteroatoms. The number of aliphatic hydroxyl groups excluding tert-OH is 1. The Kier molecular flexibility index (Phi) is 3.87. The van der Waals surface area contributed by atoms with Crippen LogP contribution >= 0.6 is 12.6 Å². The SMILES string of the molecule is [2H]N[C@@H](CS)C(=O)[C@@](N)(C(=O)O)[C@H](C)O. The number of aliphatic carboxylic acids is 1. The third-order valence-electron chi connectivity index (χ3n) is 1.92. The average molecular weight is 223 g/mol. The van der Waals surface area contributed by atoms with Gasteiger partial charge in [-0.15, -0.1) is 0 Å². The van der Waals surface area contributed by atoms with Crippen molar-refractivity contribution >= 4 is 24.4 Å². The molecule has 6 N–H and O–H groups in total. The van der Waals surface area contributed by atoms with Crippen molar-refractivity contribution in [1.29, 1.82) is 0 Å². The van der Waals surface area contributed by atoms with Crippen molar-refractivity contribution < 1.29 is 21.2 Å². The minimum absolute atomic E-state index is 0.0821. The average Bonchev–Trinajstić information content (AvgIpc) is 2.17. The molecular formula is C7H14N2O4S. The molecule has 0 spiro atoms. The molecule has 0 aliphatic rings. The Hall–Kier alpha value is -0.630. The first-order valence-corrected chi connectivity index (χ1v) is 4.48. The molecule has 0 bridgehead atoms. The molecule has 82 valence electrons. The molecule has 3 atom stereocenters. The zero-order chi connectivity index (χ0) is 12.2. The van der Waals surface area contributed by atoms with Gasteiger partial charge in [-0.1, -0.05) is 0 Å². The van der Waals surface area contributed by atoms with Crippen LogP contribution in [-0.2, 0) is 9.59 Å². The van der Waals surface area contributed by atoms with Gasteiger partial charge in [0.2, 0.25) is 5.54 Å². The number of carbonyl (C=O) groups excluding carboxylic acids is 1. The molecule has 0 aromatic rings. The number of Topliss-reactive ketones (excluding diaryl/α,β-unsaturated/α-hetero) is 1. The standard InChI is InChI=1S/C7H14N2O4S/c1-3(10)7(9,6(12)13)5(11)4(8)2-14/h3-4,10,14H,2,8-9H2,1H3,(H,12,13)/t3-,4-,7+/m0/s1/i/hD. The maximum atomic E-state index is 11.6. The fraction of sp³-hybridized carbons (Fsp3) is 0.714. The van der Waals surface area contributed by atoms with Crippen LogP contribution in [0.5, 0.6) is 0 Å². The Morgan fingerprint density at radius 2 is 2.21 bits per heavy atom. The molecule has 0 aliphatic heterocycles. The molecule has 0 aromatic heterocycles. The fourth-order valence-electron chi connectivity index (χ4n) is 0.861. The fourth-order valence-corrected chi connectivity index (χ4v) is 1.03. The number of hydrogen-bond acceptors (Lipinski definition) is 6. The Morgan fingerprint density at radius 1 is 1.71 bits per heavy atom. The van der Waals surface area contributed by atoms with Gasteiger partial charge in [0.25, 0.3) is 0 Å². The second kappa shape index (κ2) is 4.74. The van der Waals surface area contributed by atoms with E-state index in [2.05, 4.69) is 12.6 Å². The molecular weight excluding hydrogens is 208 g/mol. The smallest absolute Gasteiger partial charge is 0.334 e. The summed E-state index contributed by atoms with van der Waals surface area (Å²) in [5.74, 6) is -2.69. The molecule has 0 saturated carbocycles. The predicted octanol–water partition coefficient (Wildman–Crippen LogP) is -2.02. The van der Waals surface area contributed by atoms with Gasteiger partial charge in [0.15, 0.2) is 5.78 Å². The Balaban J connectivity index is 5.10. The van der Waals surface area contributed by atoms with E-state index in [1.165, 1.54) is 0 Å². The summed E-state index contributed by atoms with van der Waals surface area (Å²) in [6, 6.07) is -1.14. The lowest BCUT2D eigenvalue weighted by Gasteiger charge is -2.28. The van der Waals surface area contributed by atoms with E-state index in [9.17, 15) is 14.7 Å². The first kappa shape index (κ1) is 11.4. The van der Waals surface area contributed by atoms with Crippen molar-refractivity contribution in [3.63, 3.8) is 0 Å². The van der Waals surface area contributed by atoms with Gasteiger partial charge >= 0.3 is 5.97 Å². The molecule has 0 aliphatic carbocycles. The Labute approximate surface area is 88.1 Å². The molecule has 0 saturated heterocycles. The summed E-state index contributed by atoms with van der Waals surface area (Å²) < 4.78 is 6.80. The van der Waals surface area contributed by atoms with Crippen molar-refractivity contribution in [1.82, 2.24) is 0 Å². The molecule has 0 fully saturated rings. The minimum Gasteiger partial charge on any atom is -0.479 e. The number of hydrogen-bond donors (Lipinski definition) is 5. The van der Waals surface area contributed by atoms with Crippen LogP contribution in [0.3, 0.4) is 0 Å². The summed E-state index contributed by atoms with van der Waals surface area (Å²) >= 11 is 3.77. The number of carboxylic acids is 1. The summed E-state index contributed by atoms with van der Waals surface area (Å²) in [7, 11) is 0. The van der Waals surface area contributed by atoms with Crippen LogP contribution in [0.1, 0.15) is 6.92 Å². The van der Waals surface area contributed by atoms with E-state index in [0.717, 1.165) is 6.92 Å². The van der Waals surface area contributed by atoms with Crippen LogP contribution in [0.25, 0.3) is 0 Å². The summed E-state index contributed by atoms with van der Waals surface area (Å²) in [6.07, 6.45) is -1.56. The minimum atomic E-state index is -2.42. The molecule has 0 rings (SSSR count). The van der Waals surface area contributed by atoms with E-state index in [-0.39, 0.29) is 5.75 Å². The van der Waals surface area contributed by atoms with Crippen LogP contribution in [-0.4, -0.2) is 45.4 Å². The van der Waals surface area contributed by atoms with Gasteiger partial charge in [0.1, 0.15) is 1.41 Å². The highest BCUT2D eigenvalue weighted by Crippen LogP contribution is 2.11. The maximum absolute atomic E-state index is 11.6. The van der Waals surface area contributed by atoms with Crippen LogP contribution in [0.4, 0.5) is 0 Å². The Morgan fingerprint density at radius 3 is 2.43 bits per heavy atom. The van der Waals surface area contributed by atoms with E-state index >= 15 is 0 Å². The maximum Gasteiger partial charge on any atom is 0.334 e. The molecule has 0 aromatic carbocycles. The highest BCUT2D eigenvalue weighted by atomic mass is 32.1.